The van der Waals surface area contributed by atoms with Gasteiger partial charge in [0.05, 0.1) is 17.8 Å². The molecule has 0 saturated carbocycles. The summed E-state index contributed by atoms with van der Waals surface area (Å²) in [6.07, 6.45) is 4.09. The number of aryl methyl sites for hydroxylation is 3. The fourth-order valence-corrected chi connectivity index (χ4v) is 2.93. The maximum atomic E-state index is 7.52. The van der Waals surface area contributed by atoms with Crippen LogP contribution < -0.4 is 10.5 Å². The zero-order valence-corrected chi connectivity index (χ0v) is 13.3. The molecular weight excluding hydrogens is 282 g/mol. The predicted molar refractivity (Wildman–Crippen MR) is 87.5 cm³/mol. The molecule has 0 amide bonds. The van der Waals surface area contributed by atoms with Gasteiger partial charge in [0, 0.05) is 10.9 Å². The third kappa shape index (κ3) is 4.29. The Morgan fingerprint density at radius 1 is 1.33 bits per heavy atom. The van der Waals surface area contributed by atoms with Gasteiger partial charge in [0.15, 0.2) is 0 Å². The van der Waals surface area contributed by atoms with Gasteiger partial charge in [0.25, 0.3) is 0 Å². The van der Waals surface area contributed by atoms with Crippen molar-refractivity contribution in [1.82, 2.24) is 4.98 Å². The van der Waals surface area contributed by atoms with Crippen LogP contribution in [0, 0.1) is 12.3 Å². The van der Waals surface area contributed by atoms with Crippen LogP contribution >= 0.6 is 11.3 Å². The van der Waals surface area contributed by atoms with Crippen molar-refractivity contribution in [2.24, 2.45) is 5.73 Å². The smallest absolute Gasteiger partial charge is 0.122 e. The molecule has 2 aromatic rings. The lowest BCUT2D eigenvalue weighted by Gasteiger charge is -2.10. The summed E-state index contributed by atoms with van der Waals surface area (Å²) in [4.78, 5) is 4.48. The third-order valence-electron chi connectivity index (χ3n) is 3.39. The number of rotatable bonds is 7. The largest absolute Gasteiger partial charge is 0.496 e. The number of ether oxygens (including phenoxy) is 1. The molecular formula is C16H21N3OS. The molecule has 5 heteroatoms. The average molecular weight is 303 g/mol. The molecule has 0 spiro atoms. The molecule has 21 heavy (non-hydrogen) atoms. The summed E-state index contributed by atoms with van der Waals surface area (Å²) in [6, 6.07) is 5.66. The van der Waals surface area contributed by atoms with E-state index in [4.69, 9.17) is 15.9 Å². The Morgan fingerprint density at radius 3 is 2.71 bits per heavy atom. The number of unbranched alkanes of at least 4 members (excludes halogenated alkanes) is 1. The molecule has 0 atom stereocenters. The molecule has 112 valence electrons. The Kier molecular flexibility index (Phi) is 5.33. The molecule has 0 aliphatic rings. The molecule has 0 bridgehead atoms. The van der Waals surface area contributed by atoms with Gasteiger partial charge in [-0.05, 0) is 56.4 Å². The number of hydrogen-bond acceptors (Lipinski definition) is 4. The first-order valence-electron chi connectivity index (χ1n) is 7.02. The normalized spacial score (nSPS) is 10.6. The summed E-state index contributed by atoms with van der Waals surface area (Å²) in [5, 5.41) is 10.8. The number of nitrogen functional groups attached to an aromatic ring is 1. The number of methoxy groups -OCH3 is 1. The van der Waals surface area contributed by atoms with Crippen molar-refractivity contribution >= 4 is 17.2 Å². The Morgan fingerprint density at radius 2 is 2.10 bits per heavy atom. The van der Waals surface area contributed by atoms with Gasteiger partial charge in [-0.2, -0.15) is 0 Å². The molecule has 0 fully saturated rings. The zero-order chi connectivity index (χ0) is 15.2. The fraction of sp³-hybridized carbons (Fsp3) is 0.375. The molecule has 1 aromatic carbocycles. The standard InChI is InChI=1S/C16H21N3OS/c1-11-19-14(10-21-11)6-4-3-5-12-9-13(16(17)18)7-8-15(12)20-2/h7-10H,3-6H2,1-2H3,(H3,17,18). The molecule has 3 N–H and O–H groups in total. The highest BCUT2D eigenvalue weighted by Gasteiger charge is 2.06. The summed E-state index contributed by atoms with van der Waals surface area (Å²) < 4.78 is 5.38. The maximum Gasteiger partial charge on any atom is 0.122 e. The van der Waals surface area contributed by atoms with Crippen LogP contribution in [0.15, 0.2) is 23.6 Å². The molecule has 0 saturated heterocycles. The van der Waals surface area contributed by atoms with E-state index in [1.54, 1.807) is 18.4 Å². The van der Waals surface area contributed by atoms with E-state index in [2.05, 4.69) is 10.4 Å². The lowest BCUT2D eigenvalue weighted by molar-refractivity contribution is 0.409. The van der Waals surface area contributed by atoms with Crippen LogP contribution in [0.25, 0.3) is 0 Å². The van der Waals surface area contributed by atoms with Crippen LogP contribution in [0.2, 0.25) is 0 Å². The van der Waals surface area contributed by atoms with Crippen molar-refractivity contribution in [2.45, 2.75) is 32.6 Å². The maximum absolute atomic E-state index is 7.52. The fourth-order valence-electron chi connectivity index (χ4n) is 2.29. The molecule has 1 heterocycles. The Hall–Kier alpha value is -1.88. The first kappa shape index (κ1) is 15.5. The number of amidine groups is 1. The Bertz CT molecular complexity index is 622. The van der Waals surface area contributed by atoms with Crippen LogP contribution in [0.1, 0.15) is 34.7 Å². The van der Waals surface area contributed by atoms with Crippen molar-refractivity contribution in [3.05, 3.63) is 45.4 Å². The van der Waals surface area contributed by atoms with Crippen LogP contribution in [0.3, 0.4) is 0 Å². The first-order valence-corrected chi connectivity index (χ1v) is 7.90. The van der Waals surface area contributed by atoms with E-state index in [1.807, 2.05) is 25.1 Å². The van der Waals surface area contributed by atoms with E-state index in [9.17, 15) is 0 Å². The van der Waals surface area contributed by atoms with E-state index in [1.165, 1.54) is 5.69 Å². The molecule has 0 aliphatic carbocycles. The number of aromatic nitrogens is 1. The lowest BCUT2D eigenvalue weighted by Crippen LogP contribution is -2.11. The van der Waals surface area contributed by atoms with Crippen molar-refractivity contribution < 1.29 is 4.74 Å². The van der Waals surface area contributed by atoms with Gasteiger partial charge in [0.2, 0.25) is 0 Å². The van der Waals surface area contributed by atoms with Crippen LogP contribution in [-0.4, -0.2) is 17.9 Å². The minimum Gasteiger partial charge on any atom is -0.496 e. The lowest BCUT2D eigenvalue weighted by atomic mass is 10.0. The van der Waals surface area contributed by atoms with Gasteiger partial charge in [-0.25, -0.2) is 4.98 Å². The topological polar surface area (TPSA) is 72.0 Å². The molecule has 1 aromatic heterocycles. The summed E-state index contributed by atoms with van der Waals surface area (Å²) >= 11 is 1.70. The summed E-state index contributed by atoms with van der Waals surface area (Å²) in [5.74, 6) is 0.960. The Balaban J connectivity index is 1.92. The molecule has 0 unspecified atom stereocenters. The third-order valence-corrected chi connectivity index (χ3v) is 4.21. The van der Waals surface area contributed by atoms with Crippen molar-refractivity contribution in [3.63, 3.8) is 0 Å². The molecule has 4 nitrogen and oxygen atoms in total. The van der Waals surface area contributed by atoms with E-state index >= 15 is 0 Å². The van der Waals surface area contributed by atoms with Crippen molar-refractivity contribution in [2.75, 3.05) is 7.11 Å². The number of benzene rings is 1. The summed E-state index contributed by atoms with van der Waals surface area (Å²) in [7, 11) is 1.67. The van der Waals surface area contributed by atoms with Crippen LogP contribution in [-0.2, 0) is 12.8 Å². The Labute approximate surface area is 129 Å². The minimum absolute atomic E-state index is 0.0943. The highest BCUT2D eigenvalue weighted by molar-refractivity contribution is 7.09. The van der Waals surface area contributed by atoms with Gasteiger partial charge < -0.3 is 10.5 Å². The molecule has 0 radical (unpaired) electrons. The van der Waals surface area contributed by atoms with E-state index < -0.39 is 0 Å². The molecule has 2 rings (SSSR count). The van der Waals surface area contributed by atoms with Gasteiger partial charge in [-0.15, -0.1) is 11.3 Å². The van der Waals surface area contributed by atoms with Gasteiger partial charge in [0.1, 0.15) is 11.6 Å². The minimum atomic E-state index is 0.0943. The highest BCUT2D eigenvalue weighted by Crippen LogP contribution is 2.22. The molecule has 0 aliphatic heterocycles. The second-order valence-corrected chi connectivity index (χ2v) is 6.07. The van der Waals surface area contributed by atoms with E-state index in [0.29, 0.717) is 0 Å². The SMILES string of the molecule is COc1ccc(C(=N)N)cc1CCCCc1csc(C)n1. The first-order chi connectivity index (χ1) is 10.1. The van der Waals surface area contributed by atoms with Crippen molar-refractivity contribution in [3.8, 4) is 5.75 Å². The number of hydrogen-bond donors (Lipinski definition) is 2. The van der Waals surface area contributed by atoms with E-state index in [-0.39, 0.29) is 5.84 Å². The van der Waals surface area contributed by atoms with Crippen molar-refractivity contribution in [1.29, 1.82) is 5.41 Å². The number of nitrogens with two attached hydrogens (primary N) is 1. The van der Waals surface area contributed by atoms with E-state index in [0.717, 1.165) is 47.6 Å². The zero-order valence-electron chi connectivity index (χ0n) is 12.5. The predicted octanol–water partition coefficient (Wildman–Crippen LogP) is 3.31. The van der Waals surface area contributed by atoms with Gasteiger partial charge in [-0.1, -0.05) is 0 Å². The summed E-state index contributed by atoms with van der Waals surface area (Å²) in [6.45, 7) is 2.03. The number of thiazole rings is 1. The number of nitrogens with one attached hydrogen (secondary N) is 1. The summed E-state index contributed by atoms with van der Waals surface area (Å²) in [5.41, 5.74) is 8.59. The van der Waals surface area contributed by atoms with Gasteiger partial charge >= 0.3 is 0 Å². The van der Waals surface area contributed by atoms with Crippen LogP contribution in [0.5, 0.6) is 5.75 Å². The number of nitrogens with zero attached hydrogens (tertiary/aromatic N) is 1. The van der Waals surface area contributed by atoms with Gasteiger partial charge in [-0.3, -0.25) is 5.41 Å². The highest BCUT2D eigenvalue weighted by atomic mass is 32.1. The average Bonchev–Trinajstić information content (AvgIpc) is 2.89. The quantitative estimate of drug-likeness (QED) is 0.468. The van der Waals surface area contributed by atoms with Crippen LogP contribution in [0.4, 0.5) is 0 Å². The second kappa shape index (κ2) is 7.22. The monoisotopic (exact) mass is 303 g/mol. The second-order valence-electron chi connectivity index (χ2n) is 5.01.